The number of amides is 1. The molecule has 0 saturated carbocycles. The van der Waals surface area contributed by atoms with Crippen molar-refractivity contribution in [1.82, 2.24) is 0 Å². The Morgan fingerprint density at radius 3 is 3.06 bits per heavy atom. The Morgan fingerprint density at radius 1 is 1.50 bits per heavy atom. The zero-order valence-corrected chi connectivity index (χ0v) is 9.50. The van der Waals surface area contributed by atoms with E-state index in [9.17, 15) is 9.18 Å². The van der Waals surface area contributed by atoms with Gasteiger partial charge in [0, 0.05) is 13.0 Å². The number of carbonyl (C=O) groups excluding carboxylic acids is 1. The number of nitrogens with zero attached hydrogens (tertiary/aromatic N) is 1. The minimum Gasteiger partial charge on any atom is -0.309 e. The molecule has 0 spiro atoms. The lowest BCUT2D eigenvalue weighted by molar-refractivity contribution is -0.118. The van der Waals surface area contributed by atoms with E-state index in [1.165, 1.54) is 6.07 Å². The van der Waals surface area contributed by atoms with Gasteiger partial charge in [-0.2, -0.15) is 0 Å². The molecule has 0 fully saturated rings. The lowest BCUT2D eigenvalue weighted by Crippen LogP contribution is -2.29. The third-order valence-corrected chi connectivity index (χ3v) is 2.99. The average Bonchev–Trinajstić information content (AvgIpc) is 2.71. The highest BCUT2D eigenvalue weighted by molar-refractivity contribution is 5.95. The maximum atomic E-state index is 13.6. The molecule has 1 heterocycles. The van der Waals surface area contributed by atoms with E-state index in [-0.39, 0.29) is 11.7 Å². The van der Waals surface area contributed by atoms with E-state index in [1.807, 2.05) is 13.0 Å². The summed E-state index contributed by atoms with van der Waals surface area (Å²) in [6, 6.07) is 5.02. The van der Waals surface area contributed by atoms with E-state index < -0.39 is 0 Å². The SMILES string of the molecule is CCCCC(=O)N1CCc2cccc(F)c21. The predicted octanol–water partition coefficient (Wildman–Crippen LogP) is 2.91. The number of para-hydroxylation sites is 1. The van der Waals surface area contributed by atoms with Crippen molar-refractivity contribution < 1.29 is 9.18 Å². The van der Waals surface area contributed by atoms with Crippen LogP contribution in [0.4, 0.5) is 10.1 Å². The van der Waals surface area contributed by atoms with Crippen molar-refractivity contribution in [2.24, 2.45) is 0 Å². The Bertz CT molecular complexity index is 403. The van der Waals surface area contributed by atoms with Crippen LogP contribution in [0.15, 0.2) is 18.2 Å². The van der Waals surface area contributed by atoms with Crippen molar-refractivity contribution in [3.05, 3.63) is 29.6 Å². The van der Waals surface area contributed by atoms with Crippen molar-refractivity contribution in [3.8, 4) is 0 Å². The van der Waals surface area contributed by atoms with Crippen molar-refractivity contribution >= 4 is 11.6 Å². The third kappa shape index (κ3) is 1.94. The zero-order valence-electron chi connectivity index (χ0n) is 9.50. The van der Waals surface area contributed by atoms with Crippen LogP contribution in [0.3, 0.4) is 0 Å². The summed E-state index contributed by atoms with van der Waals surface area (Å²) in [7, 11) is 0. The van der Waals surface area contributed by atoms with E-state index >= 15 is 0 Å². The first-order valence-corrected chi connectivity index (χ1v) is 5.81. The Morgan fingerprint density at radius 2 is 2.31 bits per heavy atom. The Balaban J connectivity index is 2.19. The van der Waals surface area contributed by atoms with Gasteiger partial charge in [-0.3, -0.25) is 4.79 Å². The molecule has 16 heavy (non-hydrogen) atoms. The first-order chi connectivity index (χ1) is 7.74. The Hall–Kier alpha value is -1.38. The van der Waals surface area contributed by atoms with Gasteiger partial charge in [-0.05, 0) is 24.5 Å². The highest BCUT2D eigenvalue weighted by Crippen LogP contribution is 2.31. The minimum atomic E-state index is -0.278. The van der Waals surface area contributed by atoms with Gasteiger partial charge in [0.25, 0.3) is 0 Å². The van der Waals surface area contributed by atoms with Crippen LogP contribution in [-0.4, -0.2) is 12.5 Å². The molecule has 2 rings (SSSR count). The lowest BCUT2D eigenvalue weighted by atomic mass is 10.1. The van der Waals surface area contributed by atoms with Crippen molar-refractivity contribution in [1.29, 1.82) is 0 Å². The molecule has 2 nitrogen and oxygen atoms in total. The van der Waals surface area contributed by atoms with Gasteiger partial charge in [0.05, 0.1) is 5.69 Å². The molecule has 0 atom stereocenters. The molecule has 0 aromatic heterocycles. The topological polar surface area (TPSA) is 20.3 Å². The smallest absolute Gasteiger partial charge is 0.227 e. The quantitative estimate of drug-likeness (QED) is 0.768. The van der Waals surface area contributed by atoms with E-state index in [1.54, 1.807) is 11.0 Å². The maximum Gasteiger partial charge on any atom is 0.227 e. The number of hydrogen-bond donors (Lipinski definition) is 0. The summed E-state index contributed by atoms with van der Waals surface area (Å²) >= 11 is 0. The van der Waals surface area contributed by atoms with E-state index in [4.69, 9.17) is 0 Å². The van der Waals surface area contributed by atoms with Gasteiger partial charge in [-0.1, -0.05) is 25.5 Å². The number of fused-ring (bicyclic) bond motifs is 1. The van der Waals surface area contributed by atoms with Crippen molar-refractivity contribution in [2.75, 3.05) is 11.4 Å². The van der Waals surface area contributed by atoms with Crippen LogP contribution < -0.4 is 4.90 Å². The molecule has 0 unspecified atom stereocenters. The fourth-order valence-corrected chi connectivity index (χ4v) is 2.12. The molecule has 0 bridgehead atoms. The highest BCUT2D eigenvalue weighted by atomic mass is 19.1. The second-order valence-electron chi connectivity index (χ2n) is 4.15. The average molecular weight is 221 g/mol. The Kier molecular flexibility index (Phi) is 3.22. The van der Waals surface area contributed by atoms with E-state index in [0.717, 1.165) is 24.8 Å². The third-order valence-electron chi connectivity index (χ3n) is 2.99. The fourth-order valence-electron chi connectivity index (χ4n) is 2.12. The summed E-state index contributed by atoms with van der Waals surface area (Å²) in [5, 5.41) is 0. The second-order valence-corrected chi connectivity index (χ2v) is 4.15. The van der Waals surface area contributed by atoms with Gasteiger partial charge >= 0.3 is 0 Å². The van der Waals surface area contributed by atoms with Crippen LogP contribution >= 0.6 is 0 Å². The largest absolute Gasteiger partial charge is 0.309 e. The summed E-state index contributed by atoms with van der Waals surface area (Å²) in [5.74, 6) is -0.231. The maximum absolute atomic E-state index is 13.6. The first kappa shape index (κ1) is 11.1. The van der Waals surface area contributed by atoms with E-state index in [2.05, 4.69) is 0 Å². The molecule has 1 aliphatic rings. The van der Waals surface area contributed by atoms with Crippen LogP contribution in [-0.2, 0) is 11.2 Å². The van der Waals surface area contributed by atoms with Crippen LogP contribution in [0, 0.1) is 5.82 Å². The number of unbranched alkanes of at least 4 members (excludes halogenated alkanes) is 1. The molecule has 3 heteroatoms. The van der Waals surface area contributed by atoms with E-state index in [0.29, 0.717) is 18.7 Å². The number of carbonyl (C=O) groups is 1. The van der Waals surface area contributed by atoms with Gasteiger partial charge in [0.1, 0.15) is 5.82 Å². The lowest BCUT2D eigenvalue weighted by Gasteiger charge is -2.17. The molecular weight excluding hydrogens is 205 g/mol. The highest BCUT2D eigenvalue weighted by Gasteiger charge is 2.26. The van der Waals surface area contributed by atoms with Crippen molar-refractivity contribution in [2.45, 2.75) is 32.6 Å². The summed E-state index contributed by atoms with van der Waals surface area (Å²) < 4.78 is 13.6. The summed E-state index contributed by atoms with van der Waals surface area (Å²) in [6.07, 6.45) is 3.15. The van der Waals surface area contributed by atoms with Gasteiger partial charge in [-0.25, -0.2) is 4.39 Å². The normalized spacial score (nSPS) is 14.0. The summed E-state index contributed by atoms with van der Waals surface area (Å²) in [6.45, 7) is 2.67. The van der Waals surface area contributed by atoms with Crippen LogP contribution in [0.1, 0.15) is 31.7 Å². The zero-order chi connectivity index (χ0) is 11.5. The van der Waals surface area contributed by atoms with Crippen molar-refractivity contribution in [3.63, 3.8) is 0 Å². The number of anilines is 1. The van der Waals surface area contributed by atoms with Gasteiger partial charge in [-0.15, -0.1) is 0 Å². The number of halogens is 1. The first-order valence-electron chi connectivity index (χ1n) is 5.81. The molecule has 0 N–H and O–H groups in total. The van der Waals surface area contributed by atoms with Crippen LogP contribution in [0.2, 0.25) is 0 Å². The monoisotopic (exact) mass is 221 g/mol. The second kappa shape index (κ2) is 4.64. The molecule has 1 aliphatic heterocycles. The molecule has 0 aliphatic carbocycles. The molecule has 0 saturated heterocycles. The summed E-state index contributed by atoms with van der Waals surface area (Å²) in [5.41, 5.74) is 1.45. The predicted molar refractivity (Wildman–Crippen MR) is 62.0 cm³/mol. The molecular formula is C13H16FNO. The van der Waals surface area contributed by atoms with Gasteiger partial charge < -0.3 is 4.90 Å². The van der Waals surface area contributed by atoms with Gasteiger partial charge in [0.2, 0.25) is 5.91 Å². The molecule has 86 valence electrons. The van der Waals surface area contributed by atoms with Crippen LogP contribution in [0.5, 0.6) is 0 Å². The number of rotatable bonds is 3. The Labute approximate surface area is 95.1 Å². The fraction of sp³-hybridized carbons (Fsp3) is 0.462. The minimum absolute atomic E-state index is 0.0469. The standard InChI is InChI=1S/C13H16FNO/c1-2-3-7-12(16)15-9-8-10-5-4-6-11(14)13(10)15/h4-6H,2-3,7-9H2,1H3. The number of benzene rings is 1. The van der Waals surface area contributed by atoms with Crippen LogP contribution in [0.25, 0.3) is 0 Å². The molecule has 0 radical (unpaired) electrons. The molecule has 1 amide bonds. The number of hydrogen-bond acceptors (Lipinski definition) is 1. The molecule has 1 aromatic rings. The van der Waals surface area contributed by atoms with Gasteiger partial charge in [0.15, 0.2) is 0 Å². The summed E-state index contributed by atoms with van der Waals surface area (Å²) in [4.78, 5) is 13.5. The molecule has 1 aromatic carbocycles.